The van der Waals surface area contributed by atoms with E-state index in [2.05, 4.69) is 15.9 Å². The molecule has 0 aromatic heterocycles. The van der Waals surface area contributed by atoms with Crippen LogP contribution in [0.1, 0.15) is 19.4 Å². The molecule has 0 aliphatic carbocycles. The maximum atomic E-state index is 12.8. The van der Waals surface area contributed by atoms with Crippen molar-refractivity contribution < 1.29 is 9.13 Å². The Morgan fingerprint density at radius 1 is 1.46 bits per heavy atom. The minimum Gasteiger partial charge on any atom is -0.374 e. The van der Waals surface area contributed by atoms with Gasteiger partial charge in [-0.3, -0.25) is 0 Å². The van der Waals surface area contributed by atoms with E-state index in [-0.39, 0.29) is 11.9 Å². The van der Waals surface area contributed by atoms with Crippen LogP contribution in [0.15, 0.2) is 22.7 Å². The minimum absolute atomic E-state index is 0.198. The summed E-state index contributed by atoms with van der Waals surface area (Å²) in [5.41, 5.74) is 0.974. The fraction of sp³-hybridized carbons (Fsp3) is 0.400. The molecule has 1 aromatic rings. The van der Waals surface area contributed by atoms with E-state index in [1.807, 2.05) is 13.8 Å². The van der Waals surface area contributed by atoms with Crippen molar-refractivity contribution in [1.82, 2.24) is 0 Å². The Labute approximate surface area is 86.0 Å². The van der Waals surface area contributed by atoms with Crippen LogP contribution in [0, 0.1) is 5.82 Å². The van der Waals surface area contributed by atoms with Crippen LogP contribution in [-0.2, 0) is 11.3 Å². The van der Waals surface area contributed by atoms with Gasteiger partial charge in [-0.1, -0.05) is 6.07 Å². The topological polar surface area (TPSA) is 9.23 Å². The molecule has 13 heavy (non-hydrogen) atoms. The standard InChI is InChI=1S/C10H12BrFO/c1-7(2)13-6-8-3-4-10(12)9(11)5-8/h3-5,7H,6H2,1-2H3. The van der Waals surface area contributed by atoms with Crippen molar-refractivity contribution in [1.29, 1.82) is 0 Å². The van der Waals surface area contributed by atoms with Gasteiger partial charge < -0.3 is 4.74 Å². The molecule has 0 heterocycles. The van der Waals surface area contributed by atoms with Gasteiger partial charge in [0, 0.05) is 0 Å². The van der Waals surface area contributed by atoms with Crippen LogP contribution < -0.4 is 0 Å². The normalized spacial score (nSPS) is 10.8. The second-order valence-corrected chi connectivity index (χ2v) is 3.96. The first-order chi connectivity index (χ1) is 6.09. The quantitative estimate of drug-likeness (QED) is 0.794. The molecule has 0 atom stereocenters. The monoisotopic (exact) mass is 246 g/mol. The average Bonchev–Trinajstić information content (AvgIpc) is 2.07. The molecule has 0 aliphatic rings. The van der Waals surface area contributed by atoms with E-state index in [0.29, 0.717) is 11.1 Å². The molecule has 0 fully saturated rings. The molecule has 0 aliphatic heterocycles. The summed E-state index contributed by atoms with van der Waals surface area (Å²) < 4.78 is 18.7. The van der Waals surface area contributed by atoms with Crippen molar-refractivity contribution in [3.63, 3.8) is 0 Å². The van der Waals surface area contributed by atoms with Crippen molar-refractivity contribution in [3.8, 4) is 0 Å². The molecule has 0 N–H and O–H groups in total. The zero-order valence-electron chi connectivity index (χ0n) is 7.68. The van der Waals surface area contributed by atoms with Crippen LogP contribution >= 0.6 is 15.9 Å². The number of halogens is 2. The van der Waals surface area contributed by atoms with Crippen LogP contribution in [0.2, 0.25) is 0 Å². The van der Waals surface area contributed by atoms with Crippen LogP contribution in [-0.4, -0.2) is 6.10 Å². The molecule has 72 valence electrons. The van der Waals surface area contributed by atoms with Crippen molar-refractivity contribution in [2.45, 2.75) is 26.6 Å². The lowest BCUT2D eigenvalue weighted by atomic mass is 10.2. The van der Waals surface area contributed by atoms with Crippen LogP contribution in [0.3, 0.4) is 0 Å². The van der Waals surface area contributed by atoms with E-state index < -0.39 is 0 Å². The molecule has 0 amide bonds. The summed E-state index contributed by atoms with van der Waals surface area (Å²) in [6, 6.07) is 4.89. The van der Waals surface area contributed by atoms with E-state index in [1.165, 1.54) is 6.07 Å². The summed E-state index contributed by atoms with van der Waals surface area (Å²) in [6.45, 7) is 4.47. The maximum absolute atomic E-state index is 12.8. The van der Waals surface area contributed by atoms with Gasteiger partial charge in [0.25, 0.3) is 0 Å². The van der Waals surface area contributed by atoms with Gasteiger partial charge in [-0.2, -0.15) is 0 Å². The van der Waals surface area contributed by atoms with Gasteiger partial charge in [0.15, 0.2) is 0 Å². The van der Waals surface area contributed by atoms with Crippen LogP contribution in [0.4, 0.5) is 4.39 Å². The Hall–Kier alpha value is -0.410. The third-order valence-electron chi connectivity index (χ3n) is 1.57. The summed E-state index contributed by atoms with van der Waals surface area (Å²) in [6.07, 6.45) is 0.198. The molecule has 0 bridgehead atoms. The first-order valence-electron chi connectivity index (χ1n) is 4.15. The number of ether oxygens (including phenoxy) is 1. The fourth-order valence-electron chi connectivity index (χ4n) is 0.892. The molecule has 1 rings (SSSR count). The summed E-state index contributed by atoms with van der Waals surface area (Å²) >= 11 is 3.12. The Morgan fingerprint density at radius 3 is 2.69 bits per heavy atom. The molecule has 3 heteroatoms. The summed E-state index contributed by atoms with van der Waals surface area (Å²) in [5, 5.41) is 0. The summed E-state index contributed by atoms with van der Waals surface area (Å²) in [5.74, 6) is -0.242. The lowest BCUT2D eigenvalue weighted by Gasteiger charge is -2.07. The lowest BCUT2D eigenvalue weighted by molar-refractivity contribution is 0.0656. The van der Waals surface area contributed by atoms with Gasteiger partial charge in [-0.25, -0.2) is 4.39 Å². The van der Waals surface area contributed by atoms with Gasteiger partial charge in [-0.05, 0) is 47.5 Å². The van der Waals surface area contributed by atoms with E-state index in [4.69, 9.17) is 4.74 Å². The second kappa shape index (κ2) is 4.72. The van der Waals surface area contributed by atoms with Gasteiger partial charge in [0.2, 0.25) is 0 Å². The molecule has 1 aromatic carbocycles. The SMILES string of the molecule is CC(C)OCc1ccc(F)c(Br)c1. The highest BCUT2D eigenvalue weighted by Gasteiger charge is 2.01. The third-order valence-corrected chi connectivity index (χ3v) is 2.18. The highest BCUT2D eigenvalue weighted by molar-refractivity contribution is 9.10. The predicted molar refractivity (Wildman–Crippen MR) is 54.0 cm³/mol. The van der Waals surface area contributed by atoms with Crippen molar-refractivity contribution in [3.05, 3.63) is 34.1 Å². The number of rotatable bonds is 3. The first-order valence-corrected chi connectivity index (χ1v) is 4.94. The second-order valence-electron chi connectivity index (χ2n) is 3.11. The molecule has 0 unspecified atom stereocenters. The first kappa shape index (κ1) is 10.7. The number of hydrogen-bond acceptors (Lipinski definition) is 1. The zero-order valence-corrected chi connectivity index (χ0v) is 9.27. The smallest absolute Gasteiger partial charge is 0.137 e. The minimum atomic E-state index is -0.242. The molecular weight excluding hydrogens is 235 g/mol. The lowest BCUT2D eigenvalue weighted by Crippen LogP contribution is -2.02. The maximum Gasteiger partial charge on any atom is 0.137 e. The Bertz CT molecular complexity index is 286. The third kappa shape index (κ3) is 3.44. The molecule has 0 spiro atoms. The summed E-state index contributed by atoms with van der Waals surface area (Å²) in [7, 11) is 0. The molecule has 0 saturated heterocycles. The number of hydrogen-bond donors (Lipinski definition) is 0. The van der Waals surface area contributed by atoms with Crippen molar-refractivity contribution in [2.24, 2.45) is 0 Å². The van der Waals surface area contributed by atoms with Gasteiger partial charge in [0.05, 0.1) is 17.2 Å². The van der Waals surface area contributed by atoms with Gasteiger partial charge in [-0.15, -0.1) is 0 Å². The molecule has 1 nitrogen and oxygen atoms in total. The van der Waals surface area contributed by atoms with Crippen molar-refractivity contribution >= 4 is 15.9 Å². The highest BCUT2D eigenvalue weighted by Crippen LogP contribution is 2.17. The summed E-state index contributed by atoms with van der Waals surface area (Å²) in [4.78, 5) is 0. The van der Waals surface area contributed by atoms with Crippen LogP contribution in [0.5, 0.6) is 0 Å². The van der Waals surface area contributed by atoms with E-state index in [1.54, 1.807) is 12.1 Å². The predicted octanol–water partition coefficient (Wildman–Crippen LogP) is 3.51. The Kier molecular flexibility index (Phi) is 3.88. The Balaban J connectivity index is 2.63. The Morgan fingerprint density at radius 2 is 2.15 bits per heavy atom. The van der Waals surface area contributed by atoms with E-state index in [0.717, 1.165) is 5.56 Å². The van der Waals surface area contributed by atoms with Crippen molar-refractivity contribution in [2.75, 3.05) is 0 Å². The van der Waals surface area contributed by atoms with Gasteiger partial charge in [0.1, 0.15) is 5.82 Å². The molecule has 0 radical (unpaired) electrons. The molecule has 0 saturated carbocycles. The fourth-order valence-corrected chi connectivity index (χ4v) is 1.32. The zero-order chi connectivity index (χ0) is 9.84. The van der Waals surface area contributed by atoms with E-state index in [9.17, 15) is 4.39 Å². The van der Waals surface area contributed by atoms with E-state index >= 15 is 0 Å². The van der Waals surface area contributed by atoms with Gasteiger partial charge >= 0.3 is 0 Å². The highest BCUT2D eigenvalue weighted by atomic mass is 79.9. The average molecular weight is 247 g/mol. The largest absolute Gasteiger partial charge is 0.374 e. The molecular formula is C10H12BrFO. The number of benzene rings is 1. The van der Waals surface area contributed by atoms with Crippen LogP contribution in [0.25, 0.3) is 0 Å².